The molecule has 1 atom stereocenters. The SMILES string of the molecule is CC(=O)NCCCC[C@](N)(C=O)CO. The summed E-state index contributed by atoms with van der Waals surface area (Å²) in [7, 11) is 0. The molecular weight excluding hydrogens is 184 g/mol. The van der Waals surface area contributed by atoms with Gasteiger partial charge in [-0.15, -0.1) is 0 Å². The first-order valence-electron chi connectivity index (χ1n) is 4.64. The van der Waals surface area contributed by atoms with Crippen molar-refractivity contribution in [3.63, 3.8) is 0 Å². The molecule has 0 rings (SSSR count). The van der Waals surface area contributed by atoms with Crippen LogP contribution in [0.15, 0.2) is 0 Å². The number of aliphatic hydroxyl groups excluding tert-OH is 1. The van der Waals surface area contributed by atoms with Crippen LogP contribution in [0, 0.1) is 0 Å². The summed E-state index contributed by atoms with van der Waals surface area (Å²) in [5, 5.41) is 11.4. The zero-order valence-corrected chi connectivity index (χ0v) is 8.45. The lowest BCUT2D eigenvalue weighted by molar-refractivity contribution is -0.119. The summed E-state index contributed by atoms with van der Waals surface area (Å²) in [6.45, 7) is 1.69. The van der Waals surface area contributed by atoms with Crippen LogP contribution in [0.2, 0.25) is 0 Å². The van der Waals surface area contributed by atoms with Gasteiger partial charge in [0.25, 0.3) is 0 Å². The standard InChI is InChI=1S/C9H18N2O3/c1-8(14)11-5-3-2-4-9(10,6-12)7-13/h6,13H,2-5,7,10H2,1H3,(H,11,14)/t9-/m0/s1. The highest BCUT2D eigenvalue weighted by atomic mass is 16.3. The van der Waals surface area contributed by atoms with Gasteiger partial charge in [-0.2, -0.15) is 0 Å². The molecule has 0 radical (unpaired) electrons. The lowest BCUT2D eigenvalue weighted by atomic mass is 9.97. The molecule has 0 unspecified atom stereocenters. The number of aliphatic hydroxyl groups is 1. The maximum Gasteiger partial charge on any atom is 0.216 e. The second kappa shape index (κ2) is 6.50. The smallest absolute Gasteiger partial charge is 0.216 e. The number of nitrogens with two attached hydrogens (primary N) is 1. The quantitative estimate of drug-likeness (QED) is 0.371. The number of amides is 1. The molecule has 0 bridgehead atoms. The van der Waals surface area contributed by atoms with E-state index in [4.69, 9.17) is 10.8 Å². The average molecular weight is 202 g/mol. The highest BCUT2D eigenvalue weighted by Crippen LogP contribution is 2.07. The Kier molecular flexibility index (Phi) is 6.07. The molecule has 0 aliphatic rings. The molecule has 0 saturated carbocycles. The van der Waals surface area contributed by atoms with Crippen molar-refractivity contribution in [1.29, 1.82) is 0 Å². The van der Waals surface area contributed by atoms with Gasteiger partial charge in [-0.25, -0.2) is 0 Å². The molecular formula is C9H18N2O3. The van der Waals surface area contributed by atoms with Crippen molar-refractivity contribution in [1.82, 2.24) is 5.32 Å². The van der Waals surface area contributed by atoms with Crippen LogP contribution < -0.4 is 11.1 Å². The molecule has 0 saturated heterocycles. The van der Waals surface area contributed by atoms with E-state index in [1.165, 1.54) is 6.92 Å². The van der Waals surface area contributed by atoms with Crippen LogP contribution in [0.4, 0.5) is 0 Å². The van der Waals surface area contributed by atoms with E-state index < -0.39 is 5.54 Å². The average Bonchev–Trinajstić information content (AvgIpc) is 2.16. The van der Waals surface area contributed by atoms with Crippen molar-refractivity contribution in [2.45, 2.75) is 31.7 Å². The first-order chi connectivity index (χ1) is 6.54. The molecule has 5 heteroatoms. The van der Waals surface area contributed by atoms with Gasteiger partial charge in [0.1, 0.15) is 6.29 Å². The summed E-state index contributed by atoms with van der Waals surface area (Å²) in [6, 6.07) is 0. The van der Waals surface area contributed by atoms with Crippen LogP contribution in [0.3, 0.4) is 0 Å². The number of aldehydes is 1. The molecule has 0 aliphatic heterocycles. The third kappa shape index (κ3) is 5.66. The summed E-state index contributed by atoms with van der Waals surface area (Å²) in [5.41, 5.74) is 4.42. The third-order valence-corrected chi connectivity index (χ3v) is 1.97. The first kappa shape index (κ1) is 13.1. The monoisotopic (exact) mass is 202 g/mol. The van der Waals surface area contributed by atoms with Gasteiger partial charge in [-0.1, -0.05) is 0 Å². The third-order valence-electron chi connectivity index (χ3n) is 1.97. The molecule has 4 N–H and O–H groups in total. The van der Waals surface area contributed by atoms with E-state index in [0.29, 0.717) is 25.7 Å². The lowest BCUT2D eigenvalue weighted by Crippen LogP contribution is -2.45. The molecule has 5 nitrogen and oxygen atoms in total. The van der Waals surface area contributed by atoms with Crippen molar-refractivity contribution >= 4 is 12.2 Å². The Balaban J connectivity index is 3.52. The molecule has 0 fully saturated rings. The Morgan fingerprint density at radius 3 is 2.64 bits per heavy atom. The summed E-state index contributed by atoms with van der Waals surface area (Å²) in [5.74, 6) is -0.0680. The number of carbonyl (C=O) groups is 2. The maximum atomic E-state index is 10.5. The highest BCUT2D eigenvalue weighted by Gasteiger charge is 2.21. The fourth-order valence-corrected chi connectivity index (χ4v) is 1.02. The molecule has 0 aromatic heterocycles. The number of unbranched alkanes of at least 4 members (excludes halogenated alkanes) is 1. The van der Waals surface area contributed by atoms with Gasteiger partial charge in [0.2, 0.25) is 5.91 Å². The number of carbonyl (C=O) groups excluding carboxylic acids is 2. The van der Waals surface area contributed by atoms with Crippen molar-refractivity contribution in [3.05, 3.63) is 0 Å². The van der Waals surface area contributed by atoms with E-state index in [0.717, 1.165) is 6.42 Å². The Morgan fingerprint density at radius 2 is 2.21 bits per heavy atom. The zero-order chi connectivity index (χ0) is 11.0. The highest BCUT2D eigenvalue weighted by molar-refractivity contribution is 5.72. The maximum absolute atomic E-state index is 10.5. The number of hydrogen-bond acceptors (Lipinski definition) is 4. The van der Waals surface area contributed by atoms with Gasteiger partial charge in [0, 0.05) is 13.5 Å². The zero-order valence-electron chi connectivity index (χ0n) is 8.45. The largest absolute Gasteiger partial charge is 0.394 e. The minimum atomic E-state index is -1.11. The van der Waals surface area contributed by atoms with Crippen molar-refractivity contribution in [3.8, 4) is 0 Å². The number of rotatable bonds is 7. The molecule has 1 amide bonds. The molecule has 0 spiro atoms. The van der Waals surface area contributed by atoms with E-state index >= 15 is 0 Å². The first-order valence-corrected chi connectivity index (χ1v) is 4.64. The van der Waals surface area contributed by atoms with Crippen LogP contribution in [0.5, 0.6) is 0 Å². The second-order valence-electron chi connectivity index (χ2n) is 3.45. The fourth-order valence-electron chi connectivity index (χ4n) is 1.02. The molecule has 82 valence electrons. The normalized spacial score (nSPS) is 14.5. The van der Waals surface area contributed by atoms with E-state index in [-0.39, 0.29) is 12.5 Å². The molecule has 0 heterocycles. The molecule has 14 heavy (non-hydrogen) atoms. The summed E-state index contributed by atoms with van der Waals surface area (Å²) >= 11 is 0. The minimum absolute atomic E-state index is 0.0680. The van der Waals surface area contributed by atoms with Crippen LogP contribution in [0.25, 0.3) is 0 Å². The Hall–Kier alpha value is -0.940. The van der Waals surface area contributed by atoms with Crippen LogP contribution in [-0.2, 0) is 9.59 Å². The van der Waals surface area contributed by atoms with E-state index in [2.05, 4.69) is 5.32 Å². The van der Waals surface area contributed by atoms with Crippen molar-refractivity contribution < 1.29 is 14.7 Å². The molecule has 0 aliphatic carbocycles. The minimum Gasteiger partial charge on any atom is -0.394 e. The van der Waals surface area contributed by atoms with E-state index in [1.807, 2.05) is 0 Å². The fraction of sp³-hybridized carbons (Fsp3) is 0.778. The summed E-state index contributed by atoms with van der Waals surface area (Å²) < 4.78 is 0. The topological polar surface area (TPSA) is 92.4 Å². The summed E-state index contributed by atoms with van der Waals surface area (Å²) in [4.78, 5) is 21.0. The van der Waals surface area contributed by atoms with Gasteiger partial charge in [-0.3, -0.25) is 4.79 Å². The van der Waals surface area contributed by atoms with Gasteiger partial charge in [-0.05, 0) is 19.3 Å². The van der Waals surface area contributed by atoms with Crippen LogP contribution >= 0.6 is 0 Å². The predicted octanol–water partition coefficient (Wildman–Crippen LogP) is -0.818. The predicted molar refractivity (Wildman–Crippen MR) is 52.6 cm³/mol. The lowest BCUT2D eigenvalue weighted by Gasteiger charge is -2.19. The Bertz CT molecular complexity index is 196. The van der Waals surface area contributed by atoms with E-state index in [9.17, 15) is 9.59 Å². The van der Waals surface area contributed by atoms with Crippen molar-refractivity contribution in [2.24, 2.45) is 5.73 Å². The number of nitrogens with one attached hydrogen (secondary N) is 1. The number of hydrogen-bond donors (Lipinski definition) is 3. The molecule has 0 aromatic carbocycles. The van der Waals surface area contributed by atoms with Crippen LogP contribution in [-0.4, -0.2) is 36.0 Å². The summed E-state index contributed by atoms with van der Waals surface area (Å²) in [6.07, 6.45) is 2.47. The molecule has 0 aromatic rings. The Morgan fingerprint density at radius 1 is 1.57 bits per heavy atom. The van der Waals surface area contributed by atoms with Gasteiger partial charge in [0.05, 0.1) is 12.1 Å². The van der Waals surface area contributed by atoms with Crippen molar-refractivity contribution in [2.75, 3.05) is 13.2 Å². The van der Waals surface area contributed by atoms with Gasteiger partial charge >= 0.3 is 0 Å². The van der Waals surface area contributed by atoms with E-state index in [1.54, 1.807) is 0 Å². The van der Waals surface area contributed by atoms with Gasteiger partial charge < -0.3 is 21.0 Å². The Labute approximate surface area is 83.7 Å². The van der Waals surface area contributed by atoms with Gasteiger partial charge in [0.15, 0.2) is 0 Å². The van der Waals surface area contributed by atoms with Crippen LogP contribution in [0.1, 0.15) is 26.2 Å². The second-order valence-corrected chi connectivity index (χ2v) is 3.45.